The number of hydrogen-bond donors (Lipinski definition) is 1. The Labute approximate surface area is 234 Å². The summed E-state index contributed by atoms with van der Waals surface area (Å²) in [4.78, 5) is 45.8. The largest absolute Gasteiger partial charge is 0.465 e. The number of carbonyl (C=O) groups excluding carboxylic acids is 3. The van der Waals surface area contributed by atoms with Crippen LogP contribution >= 0.6 is 11.6 Å². The number of para-hydroxylation sites is 1. The number of halogens is 1. The van der Waals surface area contributed by atoms with E-state index >= 15 is 0 Å². The first-order valence-electron chi connectivity index (χ1n) is 13.8. The molecule has 39 heavy (non-hydrogen) atoms. The van der Waals surface area contributed by atoms with Crippen LogP contribution in [0.25, 0.3) is 0 Å². The maximum absolute atomic E-state index is 14.6. The van der Waals surface area contributed by atoms with Gasteiger partial charge >= 0.3 is 5.97 Å². The van der Waals surface area contributed by atoms with Crippen LogP contribution in [0.4, 0.5) is 5.69 Å². The van der Waals surface area contributed by atoms with E-state index in [2.05, 4.69) is 0 Å². The van der Waals surface area contributed by atoms with Crippen LogP contribution in [0.1, 0.15) is 45.6 Å². The summed E-state index contributed by atoms with van der Waals surface area (Å²) in [6, 6.07) is 3.66. The second kappa shape index (κ2) is 10.4. The van der Waals surface area contributed by atoms with Gasteiger partial charge in [0.2, 0.25) is 5.91 Å². The van der Waals surface area contributed by atoms with Crippen molar-refractivity contribution in [1.29, 1.82) is 0 Å². The average molecular weight is 557 g/mol. The molecule has 5 rings (SSSR count). The molecule has 9 heteroatoms. The van der Waals surface area contributed by atoms with Crippen LogP contribution in [-0.2, 0) is 23.9 Å². The number of cyclic esters (lactones) is 1. The number of esters is 1. The summed E-state index contributed by atoms with van der Waals surface area (Å²) in [5, 5.41) is 10.9. The lowest BCUT2D eigenvalue weighted by Crippen LogP contribution is -2.59. The number of carbonyl (C=O) groups is 3. The van der Waals surface area contributed by atoms with E-state index in [-0.39, 0.29) is 37.5 Å². The van der Waals surface area contributed by atoms with Crippen LogP contribution in [0.5, 0.6) is 0 Å². The first kappa shape index (κ1) is 27.9. The van der Waals surface area contributed by atoms with Gasteiger partial charge in [0.05, 0.1) is 41.5 Å². The summed E-state index contributed by atoms with van der Waals surface area (Å²) in [7, 11) is 0. The molecule has 4 heterocycles. The van der Waals surface area contributed by atoms with E-state index in [0.717, 1.165) is 24.8 Å². The molecule has 4 aliphatic rings. The van der Waals surface area contributed by atoms with Crippen molar-refractivity contribution >= 4 is 35.1 Å². The maximum atomic E-state index is 14.6. The van der Waals surface area contributed by atoms with Crippen molar-refractivity contribution in [1.82, 2.24) is 4.90 Å². The number of aryl methyl sites for hydroxylation is 1. The fourth-order valence-electron chi connectivity index (χ4n) is 6.88. The molecule has 4 aliphatic heterocycles. The number of allylic oxidation sites excluding steroid dienone is 1. The Morgan fingerprint density at radius 2 is 1.87 bits per heavy atom. The van der Waals surface area contributed by atoms with E-state index < -0.39 is 41.1 Å². The molecular weight excluding hydrogens is 520 g/mol. The van der Waals surface area contributed by atoms with Gasteiger partial charge in [-0.1, -0.05) is 61.9 Å². The number of nitrogens with zero attached hydrogens (tertiary/aromatic N) is 2. The minimum atomic E-state index is -1.43. The number of benzene rings is 1. The van der Waals surface area contributed by atoms with E-state index in [9.17, 15) is 19.5 Å². The molecule has 2 saturated heterocycles. The van der Waals surface area contributed by atoms with E-state index in [4.69, 9.17) is 21.1 Å². The summed E-state index contributed by atoms with van der Waals surface area (Å²) in [5.74, 6) is -3.37. The molecule has 2 amide bonds. The maximum Gasteiger partial charge on any atom is 0.313 e. The molecule has 1 N–H and O–H groups in total. The van der Waals surface area contributed by atoms with Gasteiger partial charge < -0.3 is 24.4 Å². The molecule has 0 aliphatic carbocycles. The Morgan fingerprint density at radius 3 is 2.56 bits per heavy atom. The standard InChI is InChI=1S/C30H37ClN2O6/c1-18(2)21(17-34)33-25-27(36)32(24-19(3)11-9-12-20(24)31)15-10-14-30(25)22(26(33)35)23-28(37)38-16-8-6-5-7-13-29(23,4)39-30/h7,9-14,18,21-23,25,34H,5-6,8,15-17H2,1-4H3/b13-7-/t21-,22-,23-,25?,29+,30-/m0/s1. The van der Waals surface area contributed by atoms with E-state index in [1.54, 1.807) is 24.0 Å². The average Bonchev–Trinajstić information content (AvgIpc) is 3.20. The summed E-state index contributed by atoms with van der Waals surface area (Å²) < 4.78 is 12.5. The lowest BCUT2D eigenvalue weighted by atomic mass is 9.74. The van der Waals surface area contributed by atoms with Crippen molar-refractivity contribution in [3.63, 3.8) is 0 Å². The Morgan fingerprint density at radius 1 is 1.10 bits per heavy atom. The number of aliphatic hydroxyl groups is 1. The SMILES string of the molecule is Cc1cccc(Cl)c1N1CC=C[C@]23O[C@]4(C)/C=C\CCCCOC(=O)[C@@H]4[C@H]2C(=O)N([C@@H](CO)C(C)C)C3C1=O. The first-order valence-corrected chi connectivity index (χ1v) is 14.2. The lowest BCUT2D eigenvalue weighted by molar-refractivity contribution is -0.160. The molecule has 1 aromatic carbocycles. The van der Waals surface area contributed by atoms with Crippen LogP contribution in [0.3, 0.4) is 0 Å². The molecule has 210 valence electrons. The number of likely N-dealkylation sites (tertiary alicyclic amines) is 1. The Hall–Kier alpha value is -2.68. The molecule has 1 spiro atoms. The third-order valence-electron chi connectivity index (χ3n) is 8.71. The van der Waals surface area contributed by atoms with Crippen LogP contribution in [0.2, 0.25) is 5.02 Å². The Bertz CT molecular complexity index is 1210. The van der Waals surface area contributed by atoms with Gasteiger partial charge in [-0.25, -0.2) is 0 Å². The van der Waals surface area contributed by atoms with Crippen LogP contribution in [0.15, 0.2) is 42.5 Å². The Kier molecular flexibility index (Phi) is 7.42. The summed E-state index contributed by atoms with van der Waals surface area (Å²) in [5.41, 5.74) is -1.22. The number of anilines is 1. The number of amides is 2. The van der Waals surface area contributed by atoms with Crippen molar-refractivity contribution in [2.24, 2.45) is 17.8 Å². The van der Waals surface area contributed by atoms with Crippen molar-refractivity contribution in [3.05, 3.63) is 53.1 Å². The molecule has 0 aromatic heterocycles. The van der Waals surface area contributed by atoms with E-state index in [1.807, 2.05) is 51.1 Å². The fraction of sp³-hybridized carbons (Fsp3) is 0.567. The number of ether oxygens (including phenoxy) is 2. The van der Waals surface area contributed by atoms with E-state index in [1.165, 1.54) is 4.90 Å². The second-order valence-corrected chi connectivity index (χ2v) is 12.0. The molecular formula is C30H37ClN2O6. The molecule has 0 bridgehead atoms. The zero-order valence-corrected chi connectivity index (χ0v) is 23.7. The zero-order chi connectivity index (χ0) is 28.1. The summed E-state index contributed by atoms with van der Waals surface area (Å²) in [6.07, 6.45) is 9.85. The highest BCUT2D eigenvalue weighted by atomic mass is 35.5. The Balaban J connectivity index is 1.71. The predicted octanol–water partition coefficient (Wildman–Crippen LogP) is 3.82. The lowest BCUT2D eigenvalue weighted by Gasteiger charge is -2.41. The predicted molar refractivity (Wildman–Crippen MR) is 147 cm³/mol. The van der Waals surface area contributed by atoms with Crippen LogP contribution in [0, 0.1) is 24.7 Å². The minimum absolute atomic E-state index is 0.160. The number of fused-ring (bicyclic) bond motifs is 2. The van der Waals surface area contributed by atoms with Crippen molar-refractivity contribution in [3.8, 4) is 0 Å². The van der Waals surface area contributed by atoms with E-state index in [0.29, 0.717) is 10.7 Å². The summed E-state index contributed by atoms with van der Waals surface area (Å²) >= 11 is 6.61. The summed E-state index contributed by atoms with van der Waals surface area (Å²) in [6.45, 7) is 7.61. The second-order valence-electron chi connectivity index (χ2n) is 11.6. The molecule has 1 unspecified atom stereocenters. The van der Waals surface area contributed by atoms with Crippen LogP contribution in [-0.4, -0.2) is 70.8 Å². The number of rotatable bonds is 4. The minimum Gasteiger partial charge on any atom is -0.465 e. The number of aliphatic hydroxyl groups excluding tert-OH is 1. The molecule has 0 radical (unpaired) electrons. The zero-order valence-electron chi connectivity index (χ0n) is 22.9. The van der Waals surface area contributed by atoms with Gasteiger partial charge in [0.25, 0.3) is 5.91 Å². The third-order valence-corrected chi connectivity index (χ3v) is 9.02. The van der Waals surface area contributed by atoms with Gasteiger partial charge in [-0.3, -0.25) is 14.4 Å². The highest BCUT2D eigenvalue weighted by Crippen LogP contribution is 2.58. The van der Waals surface area contributed by atoms with Crippen molar-refractivity contribution < 1.29 is 29.0 Å². The van der Waals surface area contributed by atoms with Gasteiger partial charge in [-0.05, 0) is 50.7 Å². The monoisotopic (exact) mass is 556 g/mol. The normalized spacial score (nSPS) is 34.3. The fourth-order valence-corrected chi connectivity index (χ4v) is 7.20. The molecule has 6 atom stereocenters. The topological polar surface area (TPSA) is 96.4 Å². The first-order chi connectivity index (χ1) is 18.6. The van der Waals surface area contributed by atoms with Gasteiger partial charge in [-0.15, -0.1) is 0 Å². The van der Waals surface area contributed by atoms with Gasteiger partial charge in [-0.2, -0.15) is 0 Å². The van der Waals surface area contributed by atoms with Crippen molar-refractivity contribution in [2.45, 2.75) is 70.2 Å². The van der Waals surface area contributed by atoms with Gasteiger partial charge in [0.1, 0.15) is 17.6 Å². The van der Waals surface area contributed by atoms with Crippen LogP contribution < -0.4 is 4.90 Å². The molecule has 1 aromatic rings. The highest BCUT2D eigenvalue weighted by Gasteiger charge is 2.75. The third kappa shape index (κ3) is 4.32. The van der Waals surface area contributed by atoms with Crippen molar-refractivity contribution in [2.75, 3.05) is 24.7 Å². The molecule has 0 saturated carbocycles. The van der Waals surface area contributed by atoms with Gasteiger partial charge in [0, 0.05) is 6.54 Å². The molecule has 8 nitrogen and oxygen atoms in total. The smallest absolute Gasteiger partial charge is 0.313 e. The highest BCUT2D eigenvalue weighted by molar-refractivity contribution is 6.34. The van der Waals surface area contributed by atoms with Gasteiger partial charge in [0.15, 0.2) is 0 Å². The molecule has 2 fully saturated rings. The quantitative estimate of drug-likeness (QED) is 0.447. The number of hydrogen-bond acceptors (Lipinski definition) is 6.